The molecule has 0 saturated carbocycles. The van der Waals surface area contributed by atoms with E-state index in [4.69, 9.17) is 0 Å². The van der Waals surface area contributed by atoms with Crippen LogP contribution in [0.15, 0.2) is 48.5 Å². The number of rotatable bonds is 2. The van der Waals surface area contributed by atoms with Gasteiger partial charge < -0.3 is 0 Å². The standard InChI is InChI=1S/C11H12O.C9H10.C5H12/c1-2-8-7-9-5-3-4-6-10(9)11(8)12;1-2-5-9-7-3-6-8(9)4-1;1-4-5(2)3/h3-6,8H,2,7H2,1H3;1-2,4-5H,3,6-7H2;5H,4H2,1-3H3. The van der Waals surface area contributed by atoms with E-state index in [9.17, 15) is 4.79 Å². The summed E-state index contributed by atoms with van der Waals surface area (Å²) in [5.74, 6) is 1.48. The van der Waals surface area contributed by atoms with Crippen molar-refractivity contribution in [3.8, 4) is 0 Å². The monoisotopic (exact) mass is 350 g/mol. The Kier molecular flexibility index (Phi) is 8.09. The lowest BCUT2D eigenvalue weighted by molar-refractivity contribution is 0.0934. The summed E-state index contributed by atoms with van der Waals surface area (Å²) >= 11 is 0. The molecule has 0 spiro atoms. The maximum atomic E-state index is 11.6. The lowest BCUT2D eigenvalue weighted by atomic mass is 10.0. The fraction of sp³-hybridized carbons (Fsp3) is 0.480. The van der Waals surface area contributed by atoms with Crippen molar-refractivity contribution in [1.82, 2.24) is 0 Å². The molecular formula is C25H34O. The molecule has 0 amide bonds. The predicted molar refractivity (Wildman–Crippen MR) is 112 cm³/mol. The second kappa shape index (κ2) is 10.3. The second-order valence-corrected chi connectivity index (χ2v) is 7.76. The molecule has 1 nitrogen and oxygen atoms in total. The van der Waals surface area contributed by atoms with Gasteiger partial charge in [0.2, 0.25) is 0 Å². The van der Waals surface area contributed by atoms with Crippen molar-refractivity contribution in [2.75, 3.05) is 0 Å². The fourth-order valence-corrected chi connectivity index (χ4v) is 3.36. The van der Waals surface area contributed by atoms with Gasteiger partial charge in [-0.15, -0.1) is 0 Å². The summed E-state index contributed by atoms with van der Waals surface area (Å²) < 4.78 is 0. The molecule has 26 heavy (non-hydrogen) atoms. The van der Waals surface area contributed by atoms with Crippen LogP contribution in [0.3, 0.4) is 0 Å². The van der Waals surface area contributed by atoms with Gasteiger partial charge in [0.05, 0.1) is 0 Å². The zero-order chi connectivity index (χ0) is 18.9. The summed E-state index contributed by atoms with van der Waals surface area (Å²) in [7, 11) is 0. The summed E-state index contributed by atoms with van der Waals surface area (Å²) in [6.07, 6.45) is 7.19. The number of benzene rings is 2. The molecule has 1 unspecified atom stereocenters. The van der Waals surface area contributed by atoms with Gasteiger partial charge in [-0.3, -0.25) is 4.79 Å². The van der Waals surface area contributed by atoms with E-state index in [0.29, 0.717) is 5.78 Å². The molecule has 2 aliphatic carbocycles. The Balaban J connectivity index is 0.000000154. The van der Waals surface area contributed by atoms with E-state index in [0.717, 1.165) is 24.3 Å². The van der Waals surface area contributed by atoms with Gasteiger partial charge in [-0.1, -0.05) is 82.6 Å². The van der Waals surface area contributed by atoms with Crippen LogP contribution < -0.4 is 0 Å². The zero-order valence-corrected chi connectivity index (χ0v) is 16.9. The van der Waals surface area contributed by atoms with Gasteiger partial charge in [0.25, 0.3) is 0 Å². The number of Topliss-reactive ketones (excluding diaryl/α,β-unsaturated/α-hetero) is 1. The summed E-state index contributed by atoms with van der Waals surface area (Å²) in [5.41, 5.74) is 5.31. The van der Waals surface area contributed by atoms with Crippen LogP contribution in [0.2, 0.25) is 0 Å². The molecule has 0 aromatic heterocycles. The smallest absolute Gasteiger partial charge is 0.166 e. The van der Waals surface area contributed by atoms with E-state index < -0.39 is 0 Å². The Morgan fingerprint density at radius 2 is 1.38 bits per heavy atom. The minimum Gasteiger partial charge on any atom is -0.294 e. The number of carbonyl (C=O) groups is 1. The summed E-state index contributed by atoms with van der Waals surface area (Å²) in [6, 6.07) is 16.7. The molecule has 4 rings (SSSR count). The summed E-state index contributed by atoms with van der Waals surface area (Å²) in [5, 5.41) is 0. The van der Waals surface area contributed by atoms with Crippen molar-refractivity contribution in [1.29, 1.82) is 0 Å². The van der Waals surface area contributed by atoms with Gasteiger partial charge >= 0.3 is 0 Å². The SMILES string of the molecule is CCC(C)C.CCC1Cc2ccccc2C1=O.c1ccc2c(c1)CCC2. The van der Waals surface area contributed by atoms with Crippen LogP contribution in [-0.4, -0.2) is 5.78 Å². The topological polar surface area (TPSA) is 17.1 Å². The minimum atomic E-state index is 0.252. The van der Waals surface area contributed by atoms with Crippen molar-refractivity contribution in [3.63, 3.8) is 0 Å². The van der Waals surface area contributed by atoms with Crippen LogP contribution in [0.25, 0.3) is 0 Å². The Hall–Kier alpha value is -1.89. The Labute approximate surface area is 159 Å². The Morgan fingerprint density at radius 1 is 0.885 bits per heavy atom. The summed E-state index contributed by atoms with van der Waals surface area (Å²) in [6.45, 7) is 8.72. The van der Waals surface area contributed by atoms with E-state index >= 15 is 0 Å². The van der Waals surface area contributed by atoms with Gasteiger partial charge in [0, 0.05) is 11.5 Å². The lowest BCUT2D eigenvalue weighted by Crippen LogP contribution is -2.06. The van der Waals surface area contributed by atoms with Crippen molar-refractivity contribution >= 4 is 5.78 Å². The molecule has 1 atom stereocenters. The van der Waals surface area contributed by atoms with Crippen molar-refractivity contribution in [2.24, 2.45) is 11.8 Å². The molecule has 0 saturated heterocycles. The minimum absolute atomic E-state index is 0.252. The molecule has 140 valence electrons. The first-order valence-electron chi connectivity index (χ1n) is 10.3. The normalized spacial score (nSPS) is 17.0. The average Bonchev–Trinajstić information content (AvgIpc) is 3.27. The van der Waals surface area contributed by atoms with Crippen molar-refractivity contribution < 1.29 is 4.79 Å². The van der Waals surface area contributed by atoms with Crippen LogP contribution in [-0.2, 0) is 19.3 Å². The number of ketones is 1. The molecule has 2 aromatic rings. The zero-order valence-electron chi connectivity index (χ0n) is 16.9. The number of hydrogen-bond donors (Lipinski definition) is 0. The van der Waals surface area contributed by atoms with Crippen LogP contribution >= 0.6 is 0 Å². The maximum absolute atomic E-state index is 11.6. The fourth-order valence-electron chi connectivity index (χ4n) is 3.36. The summed E-state index contributed by atoms with van der Waals surface area (Å²) in [4.78, 5) is 11.6. The number of carbonyl (C=O) groups excluding carboxylic acids is 1. The molecule has 0 fully saturated rings. The lowest BCUT2D eigenvalue weighted by Gasteiger charge is -2.00. The van der Waals surface area contributed by atoms with E-state index in [1.54, 1.807) is 11.1 Å². The van der Waals surface area contributed by atoms with Gasteiger partial charge in [-0.25, -0.2) is 0 Å². The highest BCUT2D eigenvalue weighted by atomic mass is 16.1. The van der Waals surface area contributed by atoms with Crippen LogP contribution in [0, 0.1) is 11.8 Å². The van der Waals surface area contributed by atoms with Crippen molar-refractivity contribution in [2.45, 2.75) is 66.2 Å². The molecule has 2 aromatic carbocycles. The average molecular weight is 351 g/mol. The number of hydrogen-bond acceptors (Lipinski definition) is 1. The largest absolute Gasteiger partial charge is 0.294 e. The molecular weight excluding hydrogens is 316 g/mol. The molecule has 0 radical (unpaired) electrons. The van der Waals surface area contributed by atoms with Crippen molar-refractivity contribution in [3.05, 3.63) is 70.8 Å². The van der Waals surface area contributed by atoms with Gasteiger partial charge in [-0.2, -0.15) is 0 Å². The number of fused-ring (bicyclic) bond motifs is 2. The molecule has 0 bridgehead atoms. The van der Waals surface area contributed by atoms with Gasteiger partial charge in [0.15, 0.2) is 5.78 Å². The highest BCUT2D eigenvalue weighted by molar-refractivity contribution is 6.02. The van der Waals surface area contributed by atoms with Gasteiger partial charge in [0.1, 0.15) is 0 Å². The number of aryl methyl sites for hydroxylation is 2. The first-order chi connectivity index (χ1) is 12.6. The second-order valence-electron chi connectivity index (χ2n) is 7.76. The van der Waals surface area contributed by atoms with Crippen LogP contribution in [0.1, 0.15) is 74.0 Å². The third-order valence-corrected chi connectivity index (χ3v) is 5.44. The molecule has 2 aliphatic rings. The van der Waals surface area contributed by atoms with Crippen LogP contribution in [0.5, 0.6) is 0 Å². The van der Waals surface area contributed by atoms with E-state index in [-0.39, 0.29) is 5.92 Å². The first kappa shape index (κ1) is 20.4. The third-order valence-electron chi connectivity index (χ3n) is 5.44. The molecule has 0 heterocycles. The molecule has 0 aliphatic heterocycles. The maximum Gasteiger partial charge on any atom is 0.166 e. The Morgan fingerprint density at radius 3 is 1.85 bits per heavy atom. The first-order valence-corrected chi connectivity index (χ1v) is 10.3. The van der Waals surface area contributed by atoms with E-state index in [1.165, 1.54) is 31.2 Å². The highest BCUT2D eigenvalue weighted by Crippen LogP contribution is 2.28. The quantitative estimate of drug-likeness (QED) is 0.590. The predicted octanol–water partition coefficient (Wildman–Crippen LogP) is 6.68. The molecule has 1 heteroatoms. The van der Waals surface area contributed by atoms with Crippen LogP contribution in [0.4, 0.5) is 0 Å². The Bertz CT molecular complexity index is 676. The van der Waals surface area contributed by atoms with E-state index in [1.807, 2.05) is 18.2 Å². The molecule has 0 N–H and O–H groups in total. The van der Waals surface area contributed by atoms with E-state index in [2.05, 4.69) is 58.0 Å². The third kappa shape index (κ3) is 5.56. The van der Waals surface area contributed by atoms with Gasteiger partial charge in [-0.05, 0) is 54.7 Å². The highest BCUT2D eigenvalue weighted by Gasteiger charge is 2.27.